The Hall–Kier alpha value is -4.74. The minimum absolute atomic E-state index is 0.0317. The molecule has 12 heteroatoms. The molecule has 2 aliphatic rings. The van der Waals surface area contributed by atoms with E-state index in [2.05, 4.69) is 5.32 Å². The van der Waals surface area contributed by atoms with Gasteiger partial charge in [0.25, 0.3) is 5.56 Å². The lowest BCUT2D eigenvalue weighted by atomic mass is 9.85. The number of carboxylic acid groups (broad SMARTS) is 1. The van der Waals surface area contributed by atoms with E-state index in [4.69, 9.17) is 14.5 Å². The molecule has 5 rings (SSSR count). The standard InChI is InChI=1S/C34H39N3O9/c1-4-7-8-9-10-26(32(42)43)35-28(39)13-14-29(40)46-34(6-3)24-16-27-30-22(17-37(27)31(41)23(24)18-45-33(34)44)20(5-2)21-15-19(38)11-12-25(21)36-30/h11-12,15-16,26,38H,4-10,13-14,17-18H2,1-3H3,(H,35,39)(H,42,43). The first-order chi connectivity index (χ1) is 22.0. The second kappa shape index (κ2) is 13.3. The molecule has 2 aromatic heterocycles. The molecule has 0 saturated carbocycles. The first-order valence-electron chi connectivity index (χ1n) is 15.9. The predicted molar refractivity (Wildman–Crippen MR) is 167 cm³/mol. The number of nitrogens with zero attached hydrogens (tertiary/aromatic N) is 2. The number of aliphatic carboxylic acids is 1. The van der Waals surface area contributed by atoms with Crippen LogP contribution in [0.4, 0.5) is 0 Å². The van der Waals surface area contributed by atoms with Gasteiger partial charge in [0.15, 0.2) is 0 Å². The number of phenolic OH excluding ortho intramolecular Hbond substituents is 1. The molecule has 0 fully saturated rings. The van der Waals surface area contributed by atoms with Crippen LogP contribution in [0.5, 0.6) is 5.75 Å². The van der Waals surface area contributed by atoms with E-state index < -0.39 is 41.9 Å². The molecular formula is C34H39N3O9. The van der Waals surface area contributed by atoms with Crippen LogP contribution < -0.4 is 10.9 Å². The highest BCUT2D eigenvalue weighted by atomic mass is 16.6. The summed E-state index contributed by atoms with van der Waals surface area (Å²) in [6, 6.07) is 5.51. The average molecular weight is 634 g/mol. The number of cyclic esters (lactones) is 1. The largest absolute Gasteiger partial charge is 0.508 e. The molecule has 244 valence electrons. The minimum atomic E-state index is -1.92. The van der Waals surface area contributed by atoms with Gasteiger partial charge in [0.2, 0.25) is 11.5 Å². The smallest absolute Gasteiger partial charge is 0.355 e. The van der Waals surface area contributed by atoms with Crippen LogP contribution in [0.1, 0.15) is 94.4 Å². The summed E-state index contributed by atoms with van der Waals surface area (Å²) < 4.78 is 12.7. The molecule has 2 atom stereocenters. The van der Waals surface area contributed by atoms with Gasteiger partial charge >= 0.3 is 17.9 Å². The fraction of sp³-hybridized carbons (Fsp3) is 0.471. The third-order valence-corrected chi connectivity index (χ3v) is 8.93. The number of carbonyl (C=O) groups is 4. The van der Waals surface area contributed by atoms with E-state index in [0.29, 0.717) is 29.7 Å². The van der Waals surface area contributed by atoms with E-state index in [1.54, 1.807) is 35.8 Å². The van der Waals surface area contributed by atoms with Gasteiger partial charge in [-0.05, 0) is 49.1 Å². The number of aromatic nitrogens is 2. The molecule has 0 saturated heterocycles. The van der Waals surface area contributed by atoms with Gasteiger partial charge in [-0.2, -0.15) is 0 Å². The second-order valence-corrected chi connectivity index (χ2v) is 11.8. The van der Waals surface area contributed by atoms with E-state index >= 15 is 0 Å². The zero-order valence-electron chi connectivity index (χ0n) is 26.3. The Morgan fingerprint density at radius 2 is 1.87 bits per heavy atom. The minimum Gasteiger partial charge on any atom is -0.508 e. The fourth-order valence-electron chi connectivity index (χ4n) is 6.47. The number of esters is 2. The summed E-state index contributed by atoms with van der Waals surface area (Å²) in [5.74, 6) is -3.35. The van der Waals surface area contributed by atoms with E-state index in [1.165, 1.54) is 0 Å². The second-order valence-electron chi connectivity index (χ2n) is 11.8. The van der Waals surface area contributed by atoms with Crippen LogP contribution in [0.25, 0.3) is 22.3 Å². The van der Waals surface area contributed by atoms with Gasteiger partial charge in [0, 0.05) is 22.9 Å². The first-order valence-corrected chi connectivity index (χ1v) is 15.9. The highest BCUT2D eigenvalue weighted by molar-refractivity contribution is 5.91. The lowest BCUT2D eigenvalue weighted by Gasteiger charge is -2.35. The third-order valence-electron chi connectivity index (χ3n) is 8.93. The molecule has 0 bridgehead atoms. The highest BCUT2D eigenvalue weighted by Crippen LogP contribution is 2.42. The summed E-state index contributed by atoms with van der Waals surface area (Å²) in [6.45, 7) is 5.63. The quantitative estimate of drug-likeness (QED) is 0.143. The van der Waals surface area contributed by atoms with Crippen molar-refractivity contribution in [1.29, 1.82) is 0 Å². The first kappa shape index (κ1) is 32.6. The van der Waals surface area contributed by atoms with Crippen LogP contribution in [-0.2, 0) is 53.8 Å². The number of pyridine rings is 2. The van der Waals surface area contributed by atoms with Gasteiger partial charge in [0.05, 0.1) is 35.4 Å². The number of nitrogens with one attached hydrogen (secondary N) is 1. The zero-order valence-corrected chi connectivity index (χ0v) is 26.3. The SMILES string of the molecule is CCCCCCC(NC(=O)CCC(=O)OC1(CC)C(=O)OCc2c1cc1n(c2=O)Cc2c-1nc1ccc(O)cc1c2CC)C(=O)O. The molecule has 3 N–H and O–H groups in total. The van der Waals surface area contributed by atoms with Crippen LogP contribution in [0.15, 0.2) is 29.1 Å². The zero-order chi connectivity index (χ0) is 33.2. The number of rotatable bonds is 13. The summed E-state index contributed by atoms with van der Waals surface area (Å²) in [5, 5.41) is 22.9. The fourth-order valence-corrected chi connectivity index (χ4v) is 6.47. The van der Waals surface area contributed by atoms with E-state index in [0.717, 1.165) is 35.8 Å². The van der Waals surface area contributed by atoms with Crippen molar-refractivity contribution in [3.63, 3.8) is 0 Å². The maximum absolute atomic E-state index is 13.9. The number of benzene rings is 1. The van der Waals surface area contributed by atoms with Gasteiger partial charge < -0.3 is 29.6 Å². The topological polar surface area (TPSA) is 174 Å². The lowest BCUT2D eigenvalue weighted by molar-refractivity contribution is -0.189. The average Bonchev–Trinajstić information content (AvgIpc) is 3.40. The van der Waals surface area contributed by atoms with Gasteiger partial charge in [-0.25, -0.2) is 14.6 Å². The highest BCUT2D eigenvalue weighted by Gasteiger charge is 2.50. The van der Waals surface area contributed by atoms with Crippen LogP contribution in [0.2, 0.25) is 0 Å². The van der Waals surface area contributed by atoms with Crippen molar-refractivity contribution in [3.8, 4) is 17.1 Å². The molecule has 2 aliphatic heterocycles. The molecule has 1 aromatic carbocycles. The summed E-state index contributed by atoms with van der Waals surface area (Å²) in [7, 11) is 0. The molecule has 0 spiro atoms. The normalized spacial score (nSPS) is 17.1. The molecule has 3 aromatic rings. The molecular weight excluding hydrogens is 594 g/mol. The van der Waals surface area contributed by atoms with Crippen LogP contribution in [0.3, 0.4) is 0 Å². The number of aromatic hydroxyl groups is 1. The molecule has 12 nitrogen and oxygen atoms in total. The number of hydrogen-bond acceptors (Lipinski definition) is 9. The Labute approximate surface area is 265 Å². The molecule has 0 radical (unpaired) electrons. The predicted octanol–water partition coefficient (Wildman–Crippen LogP) is 4.22. The third kappa shape index (κ3) is 5.95. The monoisotopic (exact) mass is 633 g/mol. The number of carboxylic acids is 1. The number of amides is 1. The lowest BCUT2D eigenvalue weighted by Crippen LogP contribution is -2.47. The number of unbranched alkanes of at least 4 members (excludes halogenated alkanes) is 3. The van der Waals surface area contributed by atoms with Crippen LogP contribution >= 0.6 is 0 Å². The Bertz CT molecular complexity index is 1780. The van der Waals surface area contributed by atoms with Crippen molar-refractivity contribution in [3.05, 3.63) is 56.9 Å². The summed E-state index contributed by atoms with van der Waals surface area (Å²) in [5.41, 5.74) is 1.58. The van der Waals surface area contributed by atoms with Crippen molar-refractivity contribution in [1.82, 2.24) is 14.9 Å². The van der Waals surface area contributed by atoms with E-state index in [9.17, 15) is 34.2 Å². The van der Waals surface area contributed by atoms with Gasteiger partial charge in [-0.3, -0.25) is 14.4 Å². The Kier molecular flexibility index (Phi) is 9.45. The maximum Gasteiger partial charge on any atom is 0.355 e. The van der Waals surface area contributed by atoms with Crippen LogP contribution in [0, 0.1) is 0 Å². The summed E-state index contributed by atoms with van der Waals surface area (Å²) >= 11 is 0. The van der Waals surface area contributed by atoms with Crippen molar-refractivity contribution in [2.75, 3.05) is 0 Å². The van der Waals surface area contributed by atoms with Crippen molar-refractivity contribution in [2.24, 2.45) is 0 Å². The van der Waals surface area contributed by atoms with Crippen molar-refractivity contribution in [2.45, 2.75) is 103 Å². The number of carbonyl (C=O) groups excluding carboxylic acids is 3. The van der Waals surface area contributed by atoms with Crippen LogP contribution in [-0.4, -0.2) is 49.6 Å². The molecule has 46 heavy (non-hydrogen) atoms. The number of fused-ring (bicyclic) bond motifs is 5. The van der Waals surface area contributed by atoms with Gasteiger partial charge in [-0.1, -0.05) is 46.5 Å². The Morgan fingerprint density at radius 3 is 2.57 bits per heavy atom. The summed E-state index contributed by atoms with van der Waals surface area (Å²) in [6.07, 6.45) is 3.60. The number of hydrogen-bond donors (Lipinski definition) is 3. The number of ether oxygens (including phenoxy) is 2. The molecule has 0 aliphatic carbocycles. The van der Waals surface area contributed by atoms with Crippen molar-refractivity contribution < 1.29 is 38.9 Å². The maximum atomic E-state index is 13.9. The number of aryl methyl sites for hydroxylation is 1. The van der Waals surface area contributed by atoms with Crippen molar-refractivity contribution >= 4 is 34.7 Å². The number of phenols is 1. The summed E-state index contributed by atoms with van der Waals surface area (Å²) in [4.78, 5) is 69.3. The van der Waals surface area contributed by atoms with Gasteiger partial charge in [-0.15, -0.1) is 0 Å². The van der Waals surface area contributed by atoms with Gasteiger partial charge in [0.1, 0.15) is 18.4 Å². The molecule has 2 unspecified atom stereocenters. The molecule has 4 heterocycles. The van der Waals surface area contributed by atoms with E-state index in [1.807, 2.05) is 13.8 Å². The Morgan fingerprint density at radius 1 is 1.09 bits per heavy atom. The molecule has 1 amide bonds. The Balaban J connectivity index is 1.41. The van der Waals surface area contributed by atoms with E-state index in [-0.39, 0.29) is 54.8 Å².